The smallest absolute Gasteiger partial charge is 0.328 e. The Balaban J connectivity index is 1.41. The average molecular weight is 470 g/mol. The molecule has 3 aromatic rings. The predicted molar refractivity (Wildman–Crippen MR) is 129 cm³/mol. The maximum Gasteiger partial charge on any atom is 0.328 e. The number of rotatable bonds is 7. The van der Waals surface area contributed by atoms with Gasteiger partial charge in [0.25, 0.3) is 0 Å². The van der Waals surface area contributed by atoms with Crippen molar-refractivity contribution in [2.24, 2.45) is 0 Å². The first-order chi connectivity index (χ1) is 15.8. The van der Waals surface area contributed by atoms with Gasteiger partial charge in [-0.15, -0.1) is 0 Å². The Morgan fingerprint density at radius 2 is 1.82 bits per heavy atom. The monoisotopic (exact) mass is 469 g/mol. The Kier molecular flexibility index (Phi) is 6.69. The van der Waals surface area contributed by atoms with Crippen LogP contribution >= 0.6 is 0 Å². The minimum absolute atomic E-state index is 0.352. The zero-order valence-corrected chi connectivity index (χ0v) is 20.2. The third-order valence-corrected chi connectivity index (χ3v) is 8.02. The second-order valence-corrected chi connectivity index (χ2v) is 10.6. The number of fused-ring (bicyclic) bond motifs is 1. The normalized spacial score (nSPS) is 14.6. The lowest BCUT2D eigenvalue weighted by atomic mass is 10.0. The van der Waals surface area contributed by atoms with E-state index in [2.05, 4.69) is 38.5 Å². The zero-order valence-electron chi connectivity index (χ0n) is 19.4. The fourth-order valence-corrected chi connectivity index (χ4v) is 5.99. The van der Waals surface area contributed by atoms with Gasteiger partial charge in [-0.2, -0.15) is 0 Å². The van der Waals surface area contributed by atoms with Gasteiger partial charge in [0.1, 0.15) is 0 Å². The van der Waals surface area contributed by atoms with Crippen LogP contribution in [0.5, 0.6) is 0 Å². The number of aromatic nitrogens is 3. The number of hydrogen-bond donors (Lipinski definition) is 2. The number of benzene rings is 1. The standard InChI is InChI=1S/C24H31N5O3S/c1-4-21-22(29-15-16(2)26-17(3)23(29)27-21)19-11-9-18(10-12-19)13-14-25-24(30)28-33(31,32)20-7-5-6-8-20/h9-12,15,20H,4-8,13-14H2,1-3H3,(H2,25,28,30). The van der Waals surface area contributed by atoms with E-state index in [0.29, 0.717) is 25.8 Å². The fourth-order valence-electron chi connectivity index (χ4n) is 4.54. The number of sulfonamides is 1. The molecule has 0 saturated heterocycles. The second kappa shape index (κ2) is 9.51. The molecule has 0 radical (unpaired) electrons. The van der Waals surface area contributed by atoms with E-state index in [1.54, 1.807) is 0 Å². The van der Waals surface area contributed by atoms with Crippen LogP contribution in [0.15, 0.2) is 30.5 Å². The average Bonchev–Trinajstić information content (AvgIpc) is 3.43. The van der Waals surface area contributed by atoms with Gasteiger partial charge in [-0.05, 0) is 45.1 Å². The molecule has 0 unspecified atom stereocenters. The number of amides is 2. The van der Waals surface area contributed by atoms with Crippen LogP contribution < -0.4 is 10.0 Å². The maximum absolute atomic E-state index is 12.2. The number of nitrogens with zero attached hydrogens (tertiary/aromatic N) is 3. The van der Waals surface area contributed by atoms with Crippen LogP contribution in [0, 0.1) is 13.8 Å². The van der Waals surface area contributed by atoms with E-state index >= 15 is 0 Å². The summed E-state index contributed by atoms with van der Waals surface area (Å²) < 4.78 is 28.7. The lowest BCUT2D eigenvalue weighted by Gasteiger charge is -2.13. The van der Waals surface area contributed by atoms with E-state index in [1.165, 1.54) is 0 Å². The van der Waals surface area contributed by atoms with Crippen LogP contribution in [-0.4, -0.2) is 40.6 Å². The van der Waals surface area contributed by atoms with E-state index in [4.69, 9.17) is 4.98 Å². The van der Waals surface area contributed by atoms with E-state index in [1.807, 2.05) is 32.2 Å². The molecule has 33 heavy (non-hydrogen) atoms. The lowest BCUT2D eigenvalue weighted by Crippen LogP contribution is -2.43. The van der Waals surface area contributed by atoms with E-state index in [0.717, 1.165) is 58.8 Å². The van der Waals surface area contributed by atoms with Crippen LogP contribution in [-0.2, 0) is 22.9 Å². The highest BCUT2D eigenvalue weighted by Crippen LogP contribution is 2.27. The van der Waals surface area contributed by atoms with E-state index in [9.17, 15) is 13.2 Å². The largest absolute Gasteiger partial charge is 0.337 e. The Hall–Kier alpha value is -2.94. The van der Waals surface area contributed by atoms with Gasteiger partial charge in [0.2, 0.25) is 10.0 Å². The SMILES string of the molecule is CCc1nc2c(C)nc(C)cn2c1-c1ccc(CCNC(=O)NS(=O)(=O)C2CCCC2)cc1. The first-order valence-corrected chi connectivity index (χ1v) is 13.1. The first kappa shape index (κ1) is 23.2. The van der Waals surface area contributed by atoms with Crippen molar-refractivity contribution in [1.82, 2.24) is 24.4 Å². The van der Waals surface area contributed by atoms with Crippen LogP contribution in [0.3, 0.4) is 0 Å². The first-order valence-electron chi connectivity index (χ1n) is 11.5. The molecule has 2 heterocycles. The van der Waals surface area contributed by atoms with E-state index in [-0.39, 0.29) is 0 Å². The molecule has 9 heteroatoms. The lowest BCUT2D eigenvalue weighted by molar-refractivity contribution is 0.246. The number of hydrogen-bond acceptors (Lipinski definition) is 5. The van der Waals surface area contributed by atoms with Crippen LogP contribution in [0.4, 0.5) is 4.79 Å². The number of carbonyl (C=O) groups excluding carboxylic acids is 1. The molecule has 1 aromatic carbocycles. The molecule has 1 saturated carbocycles. The van der Waals surface area contributed by atoms with Gasteiger partial charge in [0.15, 0.2) is 5.65 Å². The number of urea groups is 1. The summed E-state index contributed by atoms with van der Waals surface area (Å²) in [4.78, 5) is 21.4. The summed E-state index contributed by atoms with van der Waals surface area (Å²) in [6.45, 7) is 6.40. The molecular weight excluding hydrogens is 438 g/mol. The van der Waals surface area contributed by atoms with Crippen molar-refractivity contribution in [3.8, 4) is 11.3 Å². The van der Waals surface area contributed by atoms with Crippen molar-refractivity contribution in [1.29, 1.82) is 0 Å². The summed E-state index contributed by atoms with van der Waals surface area (Å²) in [6, 6.07) is 7.53. The molecule has 0 spiro atoms. The molecule has 4 rings (SSSR count). The fraction of sp³-hybridized carbons (Fsp3) is 0.458. The molecule has 1 aliphatic carbocycles. The van der Waals surface area contributed by atoms with Crippen molar-refractivity contribution < 1.29 is 13.2 Å². The molecule has 2 amide bonds. The van der Waals surface area contributed by atoms with Gasteiger partial charge in [-0.25, -0.2) is 22.9 Å². The minimum Gasteiger partial charge on any atom is -0.337 e. The van der Waals surface area contributed by atoms with E-state index < -0.39 is 21.3 Å². The molecule has 0 bridgehead atoms. The maximum atomic E-state index is 12.2. The summed E-state index contributed by atoms with van der Waals surface area (Å²) in [5.74, 6) is 0. The molecule has 1 fully saturated rings. The van der Waals surface area contributed by atoms with Gasteiger partial charge in [0, 0.05) is 18.3 Å². The number of nitrogens with one attached hydrogen (secondary N) is 2. The van der Waals surface area contributed by atoms with Crippen molar-refractivity contribution in [3.63, 3.8) is 0 Å². The summed E-state index contributed by atoms with van der Waals surface area (Å²) in [5, 5.41) is 2.21. The van der Waals surface area contributed by atoms with Crippen molar-refractivity contribution >= 4 is 21.7 Å². The summed E-state index contributed by atoms with van der Waals surface area (Å²) in [5.41, 5.74) is 6.95. The molecule has 176 valence electrons. The molecule has 0 atom stereocenters. The number of carbonyl (C=O) groups is 1. The van der Waals surface area contributed by atoms with Gasteiger partial charge < -0.3 is 5.32 Å². The Bertz CT molecular complexity index is 1260. The molecular formula is C24H31N5O3S. The Labute approximate surface area is 194 Å². The zero-order chi connectivity index (χ0) is 23.6. The van der Waals surface area contributed by atoms with Crippen molar-refractivity contribution in [3.05, 3.63) is 53.1 Å². The summed E-state index contributed by atoms with van der Waals surface area (Å²) in [7, 11) is -3.59. The topological polar surface area (TPSA) is 105 Å². The molecule has 2 aromatic heterocycles. The second-order valence-electron chi connectivity index (χ2n) is 8.68. The highest BCUT2D eigenvalue weighted by molar-refractivity contribution is 7.90. The Morgan fingerprint density at radius 3 is 2.48 bits per heavy atom. The van der Waals surface area contributed by atoms with Crippen molar-refractivity contribution in [2.75, 3.05) is 6.54 Å². The summed E-state index contributed by atoms with van der Waals surface area (Å²) in [6.07, 6.45) is 6.48. The highest BCUT2D eigenvalue weighted by Gasteiger charge is 2.29. The minimum atomic E-state index is -3.59. The third-order valence-electron chi connectivity index (χ3n) is 6.20. The number of imidazole rings is 1. The molecule has 8 nitrogen and oxygen atoms in total. The molecule has 1 aliphatic rings. The third kappa shape index (κ3) is 5.03. The quantitative estimate of drug-likeness (QED) is 0.549. The predicted octanol–water partition coefficient (Wildman–Crippen LogP) is 3.69. The van der Waals surface area contributed by atoms with Gasteiger partial charge in [-0.3, -0.25) is 9.38 Å². The van der Waals surface area contributed by atoms with Gasteiger partial charge in [0.05, 0.1) is 28.0 Å². The van der Waals surface area contributed by atoms with Crippen molar-refractivity contribution in [2.45, 2.75) is 64.5 Å². The number of aryl methyl sites for hydroxylation is 3. The van der Waals surface area contributed by atoms with Crippen LogP contribution in [0.1, 0.15) is 55.3 Å². The molecule has 2 N–H and O–H groups in total. The highest BCUT2D eigenvalue weighted by atomic mass is 32.2. The summed E-state index contributed by atoms with van der Waals surface area (Å²) >= 11 is 0. The molecule has 0 aliphatic heterocycles. The van der Waals surface area contributed by atoms with Crippen LogP contribution in [0.25, 0.3) is 16.9 Å². The van der Waals surface area contributed by atoms with Gasteiger partial charge >= 0.3 is 6.03 Å². The van der Waals surface area contributed by atoms with Gasteiger partial charge in [-0.1, -0.05) is 44.0 Å². The Morgan fingerprint density at radius 1 is 1.12 bits per heavy atom. The van der Waals surface area contributed by atoms with Crippen LogP contribution in [0.2, 0.25) is 0 Å².